The fraction of sp³-hybridized carbons (Fsp3) is 0.579. The largest absolute Gasteiger partial charge is 0.492 e. The Kier molecular flexibility index (Phi) is 8.16. The number of rotatable bonds is 5. The van der Waals surface area contributed by atoms with Gasteiger partial charge in [0.05, 0.1) is 11.1 Å². The van der Waals surface area contributed by atoms with Gasteiger partial charge in [-0.2, -0.15) is 0 Å². The number of amides is 1. The van der Waals surface area contributed by atoms with E-state index in [4.69, 9.17) is 17.0 Å². The van der Waals surface area contributed by atoms with E-state index in [0.29, 0.717) is 29.2 Å². The second-order valence-corrected chi connectivity index (χ2v) is 8.23. The molecule has 0 bridgehead atoms. The predicted molar refractivity (Wildman–Crippen MR) is 109 cm³/mol. The lowest BCUT2D eigenvalue weighted by Gasteiger charge is -2.18. The minimum Gasteiger partial charge on any atom is -0.492 e. The molecular formula is C19H27BrN2O2S. The molecule has 1 aliphatic rings. The van der Waals surface area contributed by atoms with Gasteiger partial charge in [-0.3, -0.25) is 10.1 Å². The summed E-state index contributed by atoms with van der Waals surface area (Å²) in [6.45, 7) is 4.83. The van der Waals surface area contributed by atoms with Crippen molar-refractivity contribution in [3.63, 3.8) is 0 Å². The number of nitrogens with one attached hydrogen (secondary N) is 2. The van der Waals surface area contributed by atoms with E-state index in [1.165, 1.54) is 25.7 Å². The van der Waals surface area contributed by atoms with E-state index < -0.39 is 0 Å². The van der Waals surface area contributed by atoms with Gasteiger partial charge in [0.2, 0.25) is 0 Å². The van der Waals surface area contributed by atoms with E-state index in [9.17, 15) is 4.79 Å². The highest BCUT2D eigenvalue weighted by Crippen LogP contribution is 2.26. The Hall–Kier alpha value is -1.14. The molecule has 0 radical (unpaired) electrons. The monoisotopic (exact) mass is 426 g/mol. The van der Waals surface area contributed by atoms with Gasteiger partial charge in [0.15, 0.2) is 5.11 Å². The average Bonchev–Trinajstić information content (AvgIpc) is 2.82. The van der Waals surface area contributed by atoms with E-state index in [1.54, 1.807) is 12.1 Å². The van der Waals surface area contributed by atoms with Crippen molar-refractivity contribution in [3.8, 4) is 5.75 Å². The highest BCUT2D eigenvalue weighted by atomic mass is 79.9. The lowest BCUT2D eigenvalue weighted by molar-refractivity contribution is 0.0976. The molecule has 0 heterocycles. The molecule has 1 fully saturated rings. The molecule has 4 nitrogen and oxygen atoms in total. The van der Waals surface area contributed by atoms with E-state index >= 15 is 0 Å². The Bertz CT molecular complexity index is 599. The first-order chi connectivity index (χ1) is 12.0. The molecule has 0 saturated heterocycles. The molecule has 25 heavy (non-hydrogen) atoms. The molecule has 138 valence electrons. The maximum Gasteiger partial charge on any atom is 0.257 e. The van der Waals surface area contributed by atoms with E-state index in [2.05, 4.69) is 40.4 Å². The number of benzene rings is 1. The summed E-state index contributed by atoms with van der Waals surface area (Å²) in [7, 11) is 0. The maximum absolute atomic E-state index is 12.4. The Balaban J connectivity index is 1.89. The average molecular weight is 427 g/mol. The van der Waals surface area contributed by atoms with E-state index in [1.807, 2.05) is 6.07 Å². The summed E-state index contributed by atoms with van der Waals surface area (Å²) in [6.07, 6.45) is 7.25. The number of hydrogen-bond acceptors (Lipinski definition) is 3. The summed E-state index contributed by atoms with van der Waals surface area (Å²) in [5.74, 6) is 0.981. The lowest BCUT2D eigenvalue weighted by Crippen LogP contribution is -2.44. The molecule has 1 amide bonds. The number of halogens is 1. The summed E-state index contributed by atoms with van der Waals surface area (Å²) >= 11 is 8.77. The maximum atomic E-state index is 12.4. The summed E-state index contributed by atoms with van der Waals surface area (Å²) < 4.78 is 6.48. The van der Waals surface area contributed by atoms with Gasteiger partial charge in [-0.25, -0.2) is 0 Å². The first-order valence-corrected chi connectivity index (χ1v) is 10.2. The van der Waals surface area contributed by atoms with Crippen LogP contribution in [0.5, 0.6) is 5.75 Å². The van der Waals surface area contributed by atoms with Crippen molar-refractivity contribution in [2.45, 2.75) is 58.4 Å². The van der Waals surface area contributed by atoms with Crippen LogP contribution in [0.25, 0.3) is 0 Å². The standard InChI is InChI=1S/C19H27BrN2O2S/c1-13(2)12-24-17-10-9-14(11-16(17)20)18(23)22-19(25)21-15-7-5-3-4-6-8-15/h9-11,13,15H,3-8,12H2,1-2H3,(H2,21,22,23,25). The van der Waals surface area contributed by atoms with Crippen molar-refractivity contribution < 1.29 is 9.53 Å². The molecule has 0 atom stereocenters. The van der Waals surface area contributed by atoms with Gasteiger partial charge in [0.1, 0.15) is 5.75 Å². The molecule has 0 aliphatic heterocycles. The van der Waals surface area contributed by atoms with Gasteiger partial charge in [0, 0.05) is 11.6 Å². The van der Waals surface area contributed by atoms with Crippen LogP contribution in [0.4, 0.5) is 0 Å². The normalized spacial score (nSPS) is 15.5. The minimum absolute atomic E-state index is 0.206. The van der Waals surface area contributed by atoms with Crippen LogP contribution >= 0.6 is 28.1 Å². The molecule has 1 aliphatic carbocycles. The summed E-state index contributed by atoms with van der Waals surface area (Å²) in [6, 6.07) is 5.70. The molecule has 1 aromatic carbocycles. The number of hydrogen-bond donors (Lipinski definition) is 2. The van der Waals surface area contributed by atoms with Crippen LogP contribution in [-0.4, -0.2) is 23.7 Å². The molecule has 0 unspecified atom stereocenters. The summed E-state index contributed by atoms with van der Waals surface area (Å²) in [4.78, 5) is 12.4. The quantitative estimate of drug-likeness (QED) is 0.523. The third-order valence-electron chi connectivity index (χ3n) is 4.18. The lowest BCUT2D eigenvalue weighted by atomic mass is 10.1. The molecule has 1 aromatic rings. The number of carbonyl (C=O) groups excluding carboxylic acids is 1. The Morgan fingerprint density at radius 2 is 1.96 bits per heavy atom. The molecule has 0 spiro atoms. The number of ether oxygens (including phenoxy) is 1. The second-order valence-electron chi connectivity index (χ2n) is 6.97. The van der Waals surface area contributed by atoms with E-state index in [0.717, 1.165) is 23.1 Å². The molecule has 2 rings (SSSR count). The van der Waals surface area contributed by atoms with Crippen LogP contribution in [0.3, 0.4) is 0 Å². The molecule has 1 saturated carbocycles. The molecule has 2 N–H and O–H groups in total. The first kappa shape index (κ1) is 20.2. The summed E-state index contributed by atoms with van der Waals surface area (Å²) in [5.41, 5.74) is 0.550. The third kappa shape index (κ3) is 6.94. The molecule has 6 heteroatoms. The van der Waals surface area contributed by atoms with Crippen molar-refractivity contribution in [3.05, 3.63) is 28.2 Å². The zero-order chi connectivity index (χ0) is 18.2. The van der Waals surface area contributed by atoms with Gasteiger partial charge in [0.25, 0.3) is 5.91 Å². The minimum atomic E-state index is -0.206. The highest BCUT2D eigenvalue weighted by molar-refractivity contribution is 9.10. The van der Waals surface area contributed by atoms with Crippen molar-refractivity contribution in [2.24, 2.45) is 5.92 Å². The molecule has 0 aromatic heterocycles. The zero-order valence-electron chi connectivity index (χ0n) is 14.9. The van der Waals surface area contributed by atoms with Crippen LogP contribution < -0.4 is 15.4 Å². The van der Waals surface area contributed by atoms with Crippen LogP contribution in [0, 0.1) is 5.92 Å². The Morgan fingerprint density at radius 1 is 1.28 bits per heavy atom. The van der Waals surface area contributed by atoms with Crippen LogP contribution in [-0.2, 0) is 0 Å². The smallest absolute Gasteiger partial charge is 0.257 e. The fourth-order valence-electron chi connectivity index (χ4n) is 2.84. The predicted octanol–water partition coefficient (Wildman–Crippen LogP) is 4.81. The van der Waals surface area contributed by atoms with Gasteiger partial charge in [-0.15, -0.1) is 0 Å². The Morgan fingerprint density at radius 3 is 2.56 bits per heavy atom. The highest BCUT2D eigenvalue weighted by Gasteiger charge is 2.15. The number of carbonyl (C=O) groups is 1. The van der Waals surface area contributed by atoms with Crippen molar-refractivity contribution in [1.29, 1.82) is 0 Å². The van der Waals surface area contributed by atoms with Gasteiger partial charge in [-0.1, -0.05) is 39.5 Å². The second kappa shape index (κ2) is 10.1. The van der Waals surface area contributed by atoms with Crippen molar-refractivity contribution in [2.75, 3.05) is 6.61 Å². The topological polar surface area (TPSA) is 50.4 Å². The van der Waals surface area contributed by atoms with Crippen molar-refractivity contribution in [1.82, 2.24) is 10.6 Å². The summed E-state index contributed by atoms with van der Waals surface area (Å²) in [5, 5.41) is 6.47. The number of thiocarbonyl (C=S) groups is 1. The third-order valence-corrected chi connectivity index (χ3v) is 5.02. The van der Waals surface area contributed by atoms with Gasteiger partial charge < -0.3 is 10.1 Å². The van der Waals surface area contributed by atoms with Crippen LogP contribution in [0.2, 0.25) is 0 Å². The zero-order valence-corrected chi connectivity index (χ0v) is 17.3. The fourth-order valence-corrected chi connectivity index (χ4v) is 3.59. The van der Waals surface area contributed by atoms with E-state index in [-0.39, 0.29) is 5.91 Å². The van der Waals surface area contributed by atoms with Crippen LogP contribution in [0.15, 0.2) is 22.7 Å². The van der Waals surface area contributed by atoms with Gasteiger partial charge in [-0.05, 0) is 65.1 Å². The van der Waals surface area contributed by atoms with Gasteiger partial charge >= 0.3 is 0 Å². The SMILES string of the molecule is CC(C)COc1ccc(C(=O)NC(=S)NC2CCCCCC2)cc1Br. The molecular weight excluding hydrogens is 400 g/mol. The first-order valence-electron chi connectivity index (χ1n) is 9.00. The van der Waals surface area contributed by atoms with Crippen LogP contribution in [0.1, 0.15) is 62.7 Å². The van der Waals surface area contributed by atoms with Crippen molar-refractivity contribution >= 4 is 39.2 Å². The Labute approximate surface area is 164 Å².